The van der Waals surface area contributed by atoms with Crippen LogP contribution in [-0.2, 0) is 4.79 Å². The van der Waals surface area contributed by atoms with Gasteiger partial charge in [0.05, 0.1) is 5.75 Å². The zero-order valence-corrected chi connectivity index (χ0v) is 16.2. The summed E-state index contributed by atoms with van der Waals surface area (Å²) < 4.78 is 0.788. The van der Waals surface area contributed by atoms with Gasteiger partial charge in [0.25, 0.3) is 0 Å². The summed E-state index contributed by atoms with van der Waals surface area (Å²) in [6, 6.07) is 8.15. The molecule has 0 radical (unpaired) electrons. The quantitative estimate of drug-likeness (QED) is 0.772. The molecule has 0 spiro atoms. The summed E-state index contributed by atoms with van der Waals surface area (Å²) in [7, 11) is 0. The molecule has 0 aromatic heterocycles. The Morgan fingerprint density at radius 1 is 1.17 bits per heavy atom. The molecule has 24 heavy (non-hydrogen) atoms. The monoisotopic (exact) mass is 365 g/mol. The van der Waals surface area contributed by atoms with E-state index in [0.29, 0.717) is 5.75 Å². The van der Waals surface area contributed by atoms with Gasteiger partial charge in [0.1, 0.15) is 4.32 Å². The zero-order valence-electron chi connectivity index (χ0n) is 14.6. The molecular weight excluding hydrogens is 338 g/mol. The molecule has 1 aliphatic rings. The van der Waals surface area contributed by atoms with Gasteiger partial charge in [-0.25, -0.2) is 0 Å². The number of nitrogens with one attached hydrogen (secondary N) is 1. The van der Waals surface area contributed by atoms with Crippen LogP contribution in [0.1, 0.15) is 33.1 Å². The number of nitrogens with zero attached hydrogens (tertiary/aromatic N) is 2. The van der Waals surface area contributed by atoms with Gasteiger partial charge in [-0.3, -0.25) is 4.79 Å². The average molecular weight is 366 g/mol. The SMILES string of the molecule is CCN(CC)C(=S)SCC(=O)Nc1ccc(N2CCCCC2)cc1. The van der Waals surface area contributed by atoms with Crippen molar-refractivity contribution in [1.82, 2.24) is 4.90 Å². The number of carbonyl (C=O) groups is 1. The van der Waals surface area contributed by atoms with E-state index in [1.165, 1.54) is 36.7 Å². The van der Waals surface area contributed by atoms with E-state index in [4.69, 9.17) is 12.2 Å². The Bertz CT molecular complexity index is 538. The fourth-order valence-electron chi connectivity index (χ4n) is 2.81. The van der Waals surface area contributed by atoms with E-state index in [2.05, 4.69) is 41.1 Å². The Kier molecular flexibility index (Phi) is 7.85. The van der Waals surface area contributed by atoms with E-state index in [0.717, 1.165) is 36.2 Å². The lowest BCUT2D eigenvalue weighted by Crippen LogP contribution is -2.29. The Labute approximate surface area is 155 Å². The number of thioether (sulfide) groups is 1. The minimum absolute atomic E-state index is 0.0137. The third-order valence-electron chi connectivity index (χ3n) is 4.22. The maximum atomic E-state index is 12.1. The molecule has 6 heteroatoms. The molecule has 0 aliphatic carbocycles. The van der Waals surface area contributed by atoms with Crippen molar-refractivity contribution in [1.29, 1.82) is 0 Å². The number of amides is 1. The number of thiocarbonyl (C=S) groups is 1. The number of carbonyl (C=O) groups excluding carboxylic acids is 1. The number of hydrogen-bond acceptors (Lipinski definition) is 4. The summed E-state index contributed by atoms with van der Waals surface area (Å²) in [6.07, 6.45) is 3.86. The van der Waals surface area contributed by atoms with E-state index in [-0.39, 0.29) is 5.91 Å². The first-order chi connectivity index (χ1) is 11.6. The van der Waals surface area contributed by atoms with Crippen LogP contribution >= 0.6 is 24.0 Å². The normalized spacial score (nSPS) is 14.3. The lowest BCUT2D eigenvalue weighted by atomic mass is 10.1. The van der Waals surface area contributed by atoms with E-state index in [1.54, 1.807) is 0 Å². The van der Waals surface area contributed by atoms with Crippen molar-refractivity contribution < 1.29 is 4.79 Å². The van der Waals surface area contributed by atoms with Gasteiger partial charge in [0.2, 0.25) is 5.91 Å². The fraction of sp³-hybridized carbons (Fsp3) is 0.556. The second-order valence-electron chi connectivity index (χ2n) is 5.87. The van der Waals surface area contributed by atoms with Crippen molar-refractivity contribution in [2.24, 2.45) is 0 Å². The summed E-state index contributed by atoms with van der Waals surface area (Å²) in [4.78, 5) is 16.6. The number of rotatable bonds is 6. The summed E-state index contributed by atoms with van der Waals surface area (Å²) in [6.45, 7) is 8.15. The Morgan fingerprint density at radius 3 is 2.38 bits per heavy atom. The molecule has 132 valence electrons. The van der Waals surface area contributed by atoms with Crippen molar-refractivity contribution in [2.45, 2.75) is 33.1 Å². The molecule has 1 heterocycles. The third kappa shape index (κ3) is 5.67. The van der Waals surface area contributed by atoms with Crippen molar-refractivity contribution >= 4 is 45.6 Å². The van der Waals surface area contributed by atoms with Crippen molar-refractivity contribution in [3.8, 4) is 0 Å². The van der Waals surface area contributed by atoms with E-state index in [9.17, 15) is 4.79 Å². The van der Waals surface area contributed by atoms with Gasteiger partial charge in [-0.05, 0) is 57.4 Å². The molecule has 0 atom stereocenters. The van der Waals surface area contributed by atoms with Gasteiger partial charge in [-0.1, -0.05) is 24.0 Å². The summed E-state index contributed by atoms with van der Waals surface area (Å²) >= 11 is 6.77. The van der Waals surface area contributed by atoms with Crippen LogP contribution in [0, 0.1) is 0 Å². The highest BCUT2D eigenvalue weighted by Gasteiger charge is 2.12. The standard InChI is InChI=1S/C18H27N3OS2/c1-3-20(4-2)18(23)24-14-17(22)19-15-8-10-16(11-9-15)21-12-6-5-7-13-21/h8-11H,3-7,12-14H2,1-2H3,(H,19,22). The van der Waals surface area contributed by atoms with Gasteiger partial charge in [-0.2, -0.15) is 0 Å². The molecule has 1 saturated heterocycles. The van der Waals surface area contributed by atoms with Crippen molar-refractivity contribution in [3.05, 3.63) is 24.3 Å². The molecule has 1 aliphatic heterocycles. The molecule has 4 nitrogen and oxygen atoms in total. The van der Waals surface area contributed by atoms with Crippen LogP contribution < -0.4 is 10.2 Å². The van der Waals surface area contributed by atoms with Gasteiger partial charge >= 0.3 is 0 Å². The molecule has 0 bridgehead atoms. The van der Waals surface area contributed by atoms with Gasteiger partial charge in [-0.15, -0.1) is 0 Å². The predicted molar refractivity (Wildman–Crippen MR) is 109 cm³/mol. The first-order valence-electron chi connectivity index (χ1n) is 8.70. The summed E-state index contributed by atoms with van der Waals surface area (Å²) in [5.74, 6) is 0.337. The summed E-state index contributed by atoms with van der Waals surface area (Å²) in [5, 5.41) is 2.95. The first kappa shape index (κ1) is 19.1. The first-order valence-corrected chi connectivity index (χ1v) is 10.1. The number of piperidine rings is 1. The molecule has 1 fully saturated rings. The van der Waals surface area contributed by atoms with Gasteiger partial charge < -0.3 is 15.1 Å². The minimum atomic E-state index is -0.0137. The van der Waals surface area contributed by atoms with E-state index < -0.39 is 0 Å². The highest BCUT2D eigenvalue weighted by Crippen LogP contribution is 2.22. The summed E-state index contributed by atoms with van der Waals surface area (Å²) in [5.41, 5.74) is 2.08. The van der Waals surface area contributed by atoms with Crippen LogP contribution in [-0.4, -0.2) is 47.1 Å². The molecule has 2 rings (SSSR count). The lowest BCUT2D eigenvalue weighted by molar-refractivity contribution is -0.113. The van der Waals surface area contributed by atoms with Gasteiger partial charge in [0.15, 0.2) is 0 Å². The second-order valence-corrected chi connectivity index (χ2v) is 7.48. The molecule has 1 amide bonds. The molecule has 1 aromatic carbocycles. The Morgan fingerprint density at radius 2 is 1.79 bits per heavy atom. The smallest absolute Gasteiger partial charge is 0.234 e. The van der Waals surface area contributed by atoms with Crippen LogP contribution in [0.2, 0.25) is 0 Å². The average Bonchev–Trinajstić information content (AvgIpc) is 2.62. The molecule has 1 N–H and O–H groups in total. The maximum absolute atomic E-state index is 12.1. The van der Waals surface area contributed by atoms with Gasteiger partial charge in [0, 0.05) is 37.6 Å². The number of anilines is 2. The topological polar surface area (TPSA) is 35.6 Å². The van der Waals surface area contributed by atoms with Crippen LogP contribution in [0.25, 0.3) is 0 Å². The van der Waals surface area contributed by atoms with Crippen molar-refractivity contribution in [3.63, 3.8) is 0 Å². The van der Waals surface area contributed by atoms with Crippen molar-refractivity contribution in [2.75, 3.05) is 42.1 Å². The van der Waals surface area contributed by atoms with E-state index >= 15 is 0 Å². The van der Waals surface area contributed by atoms with Crippen LogP contribution in [0.5, 0.6) is 0 Å². The zero-order chi connectivity index (χ0) is 17.4. The molecular formula is C18H27N3OS2. The number of benzene rings is 1. The maximum Gasteiger partial charge on any atom is 0.234 e. The lowest BCUT2D eigenvalue weighted by Gasteiger charge is -2.28. The molecule has 0 unspecified atom stereocenters. The molecule has 0 saturated carbocycles. The largest absolute Gasteiger partial charge is 0.372 e. The third-order valence-corrected chi connectivity index (χ3v) is 5.74. The minimum Gasteiger partial charge on any atom is -0.372 e. The predicted octanol–water partition coefficient (Wildman–Crippen LogP) is 3.98. The van der Waals surface area contributed by atoms with Crippen LogP contribution in [0.15, 0.2) is 24.3 Å². The fourth-order valence-corrected chi connectivity index (χ4v) is 4.01. The second kappa shape index (κ2) is 9.89. The van der Waals surface area contributed by atoms with E-state index in [1.807, 2.05) is 12.1 Å². The van der Waals surface area contributed by atoms with Crippen LogP contribution in [0.4, 0.5) is 11.4 Å². The highest BCUT2D eigenvalue weighted by molar-refractivity contribution is 8.23. The number of hydrogen-bond donors (Lipinski definition) is 1. The van der Waals surface area contributed by atoms with Crippen LogP contribution in [0.3, 0.4) is 0 Å². The Hall–Kier alpha value is -1.27. The highest BCUT2D eigenvalue weighted by atomic mass is 32.2. The Balaban J connectivity index is 1.80. The molecule has 1 aromatic rings.